The Morgan fingerprint density at radius 1 is 0.793 bits per heavy atom. The Bertz CT molecular complexity index is 1350. The van der Waals surface area contributed by atoms with Crippen molar-refractivity contribution in [2.45, 2.75) is 0 Å². The molecule has 0 radical (unpaired) electrons. The van der Waals surface area contributed by atoms with Crippen LogP contribution in [0.4, 0.5) is 0 Å². The van der Waals surface area contributed by atoms with E-state index in [0.717, 1.165) is 27.5 Å². The van der Waals surface area contributed by atoms with Crippen molar-refractivity contribution in [3.05, 3.63) is 102 Å². The Kier molecular flexibility index (Phi) is 4.14. The molecule has 29 heavy (non-hydrogen) atoms. The van der Waals surface area contributed by atoms with Gasteiger partial charge in [-0.05, 0) is 35.0 Å². The van der Waals surface area contributed by atoms with Crippen LogP contribution in [0.5, 0.6) is 5.75 Å². The molecular formula is C26H18O3. The SMILES string of the molecule is COc1ccc2cc(-c3oc4ccccc4c3C(=O)c3ccccc3)ccc2c1. The van der Waals surface area contributed by atoms with Crippen molar-refractivity contribution < 1.29 is 13.9 Å². The zero-order valence-corrected chi connectivity index (χ0v) is 15.9. The van der Waals surface area contributed by atoms with Crippen LogP contribution in [0.3, 0.4) is 0 Å². The summed E-state index contributed by atoms with van der Waals surface area (Å²) in [6, 6.07) is 29.0. The molecule has 0 aliphatic rings. The molecule has 0 N–H and O–H groups in total. The third-order valence-electron chi connectivity index (χ3n) is 5.17. The molecule has 4 aromatic carbocycles. The molecule has 0 aliphatic carbocycles. The number of para-hydroxylation sites is 1. The van der Waals surface area contributed by atoms with Gasteiger partial charge in [-0.2, -0.15) is 0 Å². The van der Waals surface area contributed by atoms with E-state index in [1.54, 1.807) is 7.11 Å². The minimum absolute atomic E-state index is 0.0413. The number of carbonyl (C=O) groups excluding carboxylic acids is 1. The van der Waals surface area contributed by atoms with Crippen LogP contribution in [-0.2, 0) is 0 Å². The molecule has 3 heteroatoms. The molecule has 0 aliphatic heterocycles. The number of hydrogen-bond donors (Lipinski definition) is 0. The number of hydrogen-bond acceptors (Lipinski definition) is 3. The number of carbonyl (C=O) groups is 1. The summed E-state index contributed by atoms with van der Waals surface area (Å²) in [5.41, 5.74) is 2.82. The number of furan rings is 1. The summed E-state index contributed by atoms with van der Waals surface area (Å²) in [7, 11) is 1.66. The van der Waals surface area contributed by atoms with Gasteiger partial charge in [0.05, 0.1) is 12.7 Å². The molecule has 0 saturated carbocycles. The lowest BCUT2D eigenvalue weighted by Crippen LogP contribution is -2.01. The normalized spacial score (nSPS) is 11.1. The number of ether oxygens (including phenoxy) is 1. The maximum absolute atomic E-state index is 13.4. The van der Waals surface area contributed by atoms with E-state index in [-0.39, 0.29) is 5.78 Å². The van der Waals surface area contributed by atoms with Gasteiger partial charge in [0.15, 0.2) is 5.78 Å². The Labute approximate surface area is 168 Å². The number of ketones is 1. The fourth-order valence-corrected chi connectivity index (χ4v) is 3.70. The van der Waals surface area contributed by atoms with Gasteiger partial charge in [-0.15, -0.1) is 0 Å². The predicted octanol–water partition coefficient (Wildman–Crippen LogP) is 6.49. The smallest absolute Gasteiger partial charge is 0.197 e. The highest BCUT2D eigenvalue weighted by molar-refractivity contribution is 6.19. The maximum Gasteiger partial charge on any atom is 0.197 e. The van der Waals surface area contributed by atoms with Gasteiger partial charge in [-0.3, -0.25) is 4.79 Å². The first-order valence-electron chi connectivity index (χ1n) is 9.44. The van der Waals surface area contributed by atoms with E-state index in [1.807, 2.05) is 91.0 Å². The zero-order chi connectivity index (χ0) is 19.8. The Hall–Kier alpha value is -3.85. The summed E-state index contributed by atoms with van der Waals surface area (Å²) < 4.78 is 11.5. The second-order valence-electron chi connectivity index (χ2n) is 6.93. The van der Waals surface area contributed by atoms with Crippen molar-refractivity contribution in [3.63, 3.8) is 0 Å². The van der Waals surface area contributed by atoms with Crippen molar-refractivity contribution in [1.29, 1.82) is 0 Å². The molecule has 1 aromatic heterocycles. The number of benzene rings is 4. The largest absolute Gasteiger partial charge is 0.497 e. The first-order chi connectivity index (χ1) is 14.2. The first kappa shape index (κ1) is 17.3. The van der Waals surface area contributed by atoms with Gasteiger partial charge in [-0.1, -0.05) is 66.7 Å². The summed E-state index contributed by atoms with van der Waals surface area (Å²) in [6.07, 6.45) is 0. The summed E-state index contributed by atoms with van der Waals surface area (Å²) >= 11 is 0. The minimum atomic E-state index is -0.0413. The first-order valence-corrected chi connectivity index (χ1v) is 9.44. The molecule has 1 heterocycles. The zero-order valence-electron chi connectivity index (χ0n) is 15.9. The van der Waals surface area contributed by atoms with Crippen molar-refractivity contribution >= 4 is 27.5 Å². The lowest BCUT2D eigenvalue weighted by Gasteiger charge is -2.06. The van der Waals surface area contributed by atoms with Crippen LogP contribution in [0, 0.1) is 0 Å². The molecule has 140 valence electrons. The van der Waals surface area contributed by atoms with Crippen LogP contribution >= 0.6 is 0 Å². The molecule has 0 amide bonds. The van der Waals surface area contributed by atoms with Gasteiger partial charge in [0.1, 0.15) is 17.1 Å². The lowest BCUT2D eigenvalue weighted by molar-refractivity contribution is 0.104. The molecule has 5 rings (SSSR count). The van der Waals surface area contributed by atoms with Crippen LogP contribution in [0.15, 0.2) is 95.4 Å². The number of methoxy groups -OCH3 is 1. The second-order valence-corrected chi connectivity index (χ2v) is 6.93. The highest BCUT2D eigenvalue weighted by Gasteiger charge is 2.23. The Morgan fingerprint density at radius 2 is 1.52 bits per heavy atom. The second kappa shape index (κ2) is 6.95. The van der Waals surface area contributed by atoms with Gasteiger partial charge >= 0.3 is 0 Å². The van der Waals surface area contributed by atoms with E-state index in [1.165, 1.54) is 0 Å². The fraction of sp³-hybridized carbons (Fsp3) is 0.0385. The van der Waals surface area contributed by atoms with Gasteiger partial charge in [0.2, 0.25) is 0 Å². The van der Waals surface area contributed by atoms with Crippen molar-refractivity contribution in [3.8, 4) is 17.1 Å². The van der Waals surface area contributed by atoms with E-state index in [2.05, 4.69) is 0 Å². The molecule has 5 aromatic rings. The molecule has 0 saturated heterocycles. The lowest BCUT2D eigenvalue weighted by atomic mass is 9.96. The number of fused-ring (bicyclic) bond motifs is 2. The summed E-state index contributed by atoms with van der Waals surface area (Å²) in [6.45, 7) is 0. The Morgan fingerprint density at radius 3 is 2.34 bits per heavy atom. The topological polar surface area (TPSA) is 39.4 Å². The van der Waals surface area contributed by atoms with E-state index in [9.17, 15) is 4.79 Å². The maximum atomic E-state index is 13.4. The van der Waals surface area contributed by atoms with Crippen LogP contribution in [-0.4, -0.2) is 12.9 Å². The molecule has 3 nitrogen and oxygen atoms in total. The monoisotopic (exact) mass is 378 g/mol. The molecule has 0 fully saturated rings. The minimum Gasteiger partial charge on any atom is -0.497 e. The van der Waals surface area contributed by atoms with Gasteiger partial charge < -0.3 is 9.15 Å². The van der Waals surface area contributed by atoms with Crippen LogP contribution in [0.2, 0.25) is 0 Å². The van der Waals surface area contributed by atoms with Gasteiger partial charge in [0.25, 0.3) is 0 Å². The summed E-state index contributed by atoms with van der Waals surface area (Å²) in [4.78, 5) is 13.4. The summed E-state index contributed by atoms with van der Waals surface area (Å²) in [5, 5.41) is 2.95. The van der Waals surface area contributed by atoms with Crippen LogP contribution in [0.25, 0.3) is 33.1 Å². The molecular weight excluding hydrogens is 360 g/mol. The van der Waals surface area contributed by atoms with Crippen LogP contribution < -0.4 is 4.74 Å². The fourth-order valence-electron chi connectivity index (χ4n) is 3.70. The standard InChI is InChI=1S/C26H18O3/c1-28-21-14-13-18-15-20(12-11-19(18)16-21)26-24(22-9-5-6-10-23(22)29-26)25(27)17-7-3-2-4-8-17/h2-16H,1H3. The van der Waals surface area contributed by atoms with E-state index < -0.39 is 0 Å². The highest BCUT2D eigenvalue weighted by Crippen LogP contribution is 2.36. The van der Waals surface area contributed by atoms with Crippen molar-refractivity contribution in [1.82, 2.24) is 0 Å². The average Bonchev–Trinajstić information content (AvgIpc) is 3.18. The molecule has 0 bridgehead atoms. The van der Waals surface area contributed by atoms with E-state index in [4.69, 9.17) is 9.15 Å². The van der Waals surface area contributed by atoms with Crippen molar-refractivity contribution in [2.75, 3.05) is 7.11 Å². The molecule has 0 spiro atoms. The van der Waals surface area contributed by atoms with Crippen LogP contribution in [0.1, 0.15) is 15.9 Å². The molecule has 0 atom stereocenters. The summed E-state index contributed by atoms with van der Waals surface area (Å²) in [5.74, 6) is 1.37. The predicted molar refractivity (Wildman–Crippen MR) is 116 cm³/mol. The van der Waals surface area contributed by atoms with Gasteiger partial charge in [-0.25, -0.2) is 0 Å². The molecule has 0 unspecified atom stereocenters. The van der Waals surface area contributed by atoms with E-state index >= 15 is 0 Å². The van der Waals surface area contributed by atoms with Gasteiger partial charge in [0, 0.05) is 16.5 Å². The Balaban J connectivity index is 1.73. The van der Waals surface area contributed by atoms with Crippen molar-refractivity contribution in [2.24, 2.45) is 0 Å². The number of rotatable bonds is 4. The third kappa shape index (κ3) is 2.97. The van der Waals surface area contributed by atoms with E-state index in [0.29, 0.717) is 22.5 Å². The average molecular weight is 378 g/mol. The third-order valence-corrected chi connectivity index (χ3v) is 5.17. The highest BCUT2D eigenvalue weighted by atomic mass is 16.5. The quantitative estimate of drug-likeness (QED) is 0.335.